The summed E-state index contributed by atoms with van der Waals surface area (Å²) in [5.74, 6) is -0.824. The summed E-state index contributed by atoms with van der Waals surface area (Å²) in [7, 11) is 1.46. The number of hydrogen-bond acceptors (Lipinski definition) is 7. The van der Waals surface area contributed by atoms with E-state index < -0.39 is 26.5 Å². The van der Waals surface area contributed by atoms with Crippen molar-refractivity contribution >= 4 is 19.8 Å². The van der Waals surface area contributed by atoms with Gasteiger partial charge in [-0.05, 0) is 57.8 Å². The van der Waals surface area contributed by atoms with Crippen molar-refractivity contribution in [3.8, 4) is 0 Å². The molecule has 0 aliphatic heterocycles. The van der Waals surface area contributed by atoms with E-state index in [2.05, 4.69) is 38.2 Å². The number of hydrogen-bond donors (Lipinski definition) is 1. The third kappa shape index (κ3) is 34.2. The van der Waals surface area contributed by atoms with Crippen LogP contribution >= 0.6 is 7.82 Å². The molecule has 2 unspecified atom stereocenters. The molecule has 47 heavy (non-hydrogen) atoms. The Hall–Kier alpha value is -1.51. The zero-order valence-electron chi connectivity index (χ0n) is 30.8. The van der Waals surface area contributed by atoms with Gasteiger partial charge in [0.05, 0.1) is 27.7 Å². The summed E-state index contributed by atoms with van der Waals surface area (Å²) in [5, 5.41) is 0. The van der Waals surface area contributed by atoms with Gasteiger partial charge in [0.1, 0.15) is 19.8 Å². The van der Waals surface area contributed by atoms with E-state index >= 15 is 0 Å². The van der Waals surface area contributed by atoms with Crippen LogP contribution in [0, 0.1) is 0 Å². The third-order valence-corrected chi connectivity index (χ3v) is 8.67. The number of phosphoric ester groups is 1. The fraction of sp³-hybridized carbons (Fsp3) is 0.838. The number of nitrogens with zero attached hydrogens (tertiary/aromatic N) is 1. The number of esters is 2. The van der Waals surface area contributed by atoms with Crippen molar-refractivity contribution in [3.05, 3.63) is 24.3 Å². The second-order valence-electron chi connectivity index (χ2n) is 13.6. The lowest BCUT2D eigenvalue weighted by Crippen LogP contribution is -2.37. The molecular weight excluding hydrogens is 617 g/mol. The van der Waals surface area contributed by atoms with Crippen LogP contribution < -0.4 is 0 Å². The SMILES string of the molecule is CCC/C=C\CCCCCCCC(=O)OCC(COP(=O)(O)OCC[N+](C)(C)C)OC(=O)CCCCCCC/C=C\CCCCCC. The van der Waals surface area contributed by atoms with Crippen molar-refractivity contribution < 1.29 is 42.1 Å². The molecule has 0 rings (SSSR count). The Kier molecular flexibility index (Phi) is 29.6. The number of allylic oxidation sites excluding steroid dienone is 4. The zero-order chi connectivity index (χ0) is 35.1. The number of carbonyl (C=O) groups is 2. The minimum atomic E-state index is -4.36. The summed E-state index contributed by atoms with van der Waals surface area (Å²) < 4.78 is 34.1. The van der Waals surface area contributed by atoms with Crippen LogP contribution in [-0.2, 0) is 32.7 Å². The first-order chi connectivity index (χ1) is 22.5. The van der Waals surface area contributed by atoms with E-state index in [1.807, 2.05) is 21.1 Å². The van der Waals surface area contributed by atoms with Crippen molar-refractivity contribution in [2.24, 2.45) is 0 Å². The first kappa shape index (κ1) is 45.5. The first-order valence-electron chi connectivity index (χ1n) is 18.6. The maximum absolute atomic E-state index is 12.6. The second-order valence-corrected chi connectivity index (χ2v) is 15.1. The van der Waals surface area contributed by atoms with Crippen LogP contribution in [0.1, 0.15) is 149 Å². The number of ether oxygens (including phenoxy) is 2. The van der Waals surface area contributed by atoms with Gasteiger partial charge >= 0.3 is 19.8 Å². The Morgan fingerprint density at radius 1 is 0.638 bits per heavy atom. The van der Waals surface area contributed by atoms with E-state index in [9.17, 15) is 19.0 Å². The van der Waals surface area contributed by atoms with Gasteiger partial charge in [0.2, 0.25) is 0 Å². The number of likely N-dealkylation sites (N-methyl/N-ethyl adjacent to an activating group) is 1. The van der Waals surface area contributed by atoms with Crippen molar-refractivity contribution in [2.45, 2.75) is 155 Å². The van der Waals surface area contributed by atoms with Crippen molar-refractivity contribution in [3.63, 3.8) is 0 Å². The molecule has 0 aliphatic rings. The molecule has 0 aliphatic carbocycles. The molecule has 0 fully saturated rings. The number of unbranched alkanes of at least 4 members (excludes halogenated alkanes) is 15. The molecule has 0 heterocycles. The van der Waals surface area contributed by atoms with Crippen LogP contribution in [0.3, 0.4) is 0 Å². The van der Waals surface area contributed by atoms with Crippen LogP contribution in [0.4, 0.5) is 0 Å². The van der Waals surface area contributed by atoms with E-state index in [0.717, 1.165) is 77.0 Å². The molecule has 9 nitrogen and oxygen atoms in total. The molecule has 0 aromatic carbocycles. The topological polar surface area (TPSA) is 108 Å². The molecule has 2 atom stereocenters. The number of carbonyl (C=O) groups excluding carboxylic acids is 2. The van der Waals surface area contributed by atoms with Crippen molar-refractivity contribution in [2.75, 3.05) is 47.5 Å². The summed E-state index contributed by atoms with van der Waals surface area (Å²) >= 11 is 0. The summed E-state index contributed by atoms with van der Waals surface area (Å²) in [4.78, 5) is 35.1. The van der Waals surface area contributed by atoms with Crippen molar-refractivity contribution in [1.29, 1.82) is 0 Å². The van der Waals surface area contributed by atoms with Crippen molar-refractivity contribution in [1.82, 2.24) is 0 Å². The van der Waals surface area contributed by atoms with Gasteiger partial charge < -0.3 is 18.9 Å². The number of quaternary nitrogens is 1. The van der Waals surface area contributed by atoms with Crippen LogP contribution in [0.15, 0.2) is 24.3 Å². The molecule has 0 radical (unpaired) electrons. The van der Waals surface area contributed by atoms with Gasteiger partial charge in [-0.15, -0.1) is 0 Å². The second kappa shape index (κ2) is 30.5. The van der Waals surface area contributed by atoms with Crippen LogP contribution in [-0.4, -0.2) is 74.9 Å². The Morgan fingerprint density at radius 2 is 1.13 bits per heavy atom. The highest BCUT2D eigenvalue weighted by Gasteiger charge is 2.27. The molecule has 0 amide bonds. The van der Waals surface area contributed by atoms with Gasteiger partial charge in [-0.1, -0.05) is 102 Å². The predicted octanol–water partition coefficient (Wildman–Crippen LogP) is 9.63. The van der Waals surface area contributed by atoms with Crippen LogP contribution in [0.2, 0.25) is 0 Å². The minimum absolute atomic E-state index is 0.0294. The molecule has 0 aromatic rings. The largest absolute Gasteiger partial charge is 0.472 e. The molecule has 10 heteroatoms. The van der Waals surface area contributed by atoms with E-state index in [0.29, 0.717) is 17.4 Å². The molecule has 0 saturated heterocycles. The van der Waals surface area contributed by atoms with Gasteiger partial charge in [-0.2, -0.15) is 0 Å². The number of phosphoric acid groups is 1. The Labute approximate surface area is 288 Å². The number of rotatable bonds is 33. The average molecular weight is 689 g/mol. The Balaban J connectivity index is 4.48. The van der Waals surface area contributed by atoms with E-state index in [1.165, 1.54) is 38.5 Å². The molecule has 276 valence electrons. The molecule has 0 spiro atoms. The summed E-state index contributed by atoms with van der Waals surface area (Å²) in [6.45, 7) is 4.30. The van der Waals surface area contributed by atoms with Gasteiger partial charge in [0, 0.05) is 12.8 Å². The molecule has 0 aromatic heterocycles. The fourth-order valence-electron chi connectivity index (χ4n) is 4.71. The predicted molar refractivity (Wildman–Crippen MR) is 192 cm³/mol. The van der Waals surface area contributed by atoms with Crippen LogP contribution in [0.5, 0.6) is 0 Å². The summed E-state index contributed by atoms with van der Waals surface area (Å²) in [6, 6.07) is 0. The van der Waals surface area contributed by atoms with E-state index in [-0.39, 0.29) is 32.0 Å². The monoisotopic (exact) mass is 688 g/mol. The van der Waals surface area contributed by atoms with E-state index in [1.54, 1.807) is 0 Å². The first-order valence-corrected chi connectivity index (χ1v) is 20.1. The average Bonchev–Trinajstić information content (AvgIpc) is 3.01. The smallest absolute Gasteiger partial charge is 0.462 e. The lowest BCUT2D eigenvalue weighted by molar-refractivity contribution is -0.870. The van der Waals surface area contributed by atoms with Crippen LogP contribution in [0.25, 0.3) is 0 Å². The highest BCUT2D eigenvalue weighted by Crippen LogP contribution is 2.43. The minimum Gasteiger partial charge on any atom is -0.462 e. The highest BCUT2D eigenvalue weighted by molar-refractivity contribution is 7.47. The van der Waals surface area contributed by atoms with Gasteiger partial charge in [-0.3, -0.25) is 18.6 Å². The molecule has 0 bridgehead atoms. The van der Waals surface area contributed by atoms with E-state index in [4.69, 9.17) is 18.5 Å². The summed E-state index contributed by atoms with van der Waals surface area (Å²) in [6.07, 6.45) is 29.4. The maximum atomic E-state index is 12.6. The lowest BCUT2D eigenvalue weighted by atomic mass is 10.1. The Bertz CT molecular complexity index is 871. The molecule has 0 saturated carbocycles. The Morgan fingerprint density at radius 3 is 1.66 bits per heavy atom. The van der Waals surface area contributed by atoms with Gasteiger partial charge in [-0.25, -0.2) is 4.57 Å². The standard InChI is InChI=1S/C37H70NO8P/c1-6-8-10-12-14-16-18-19-20-22-24-26-28-30-37(40)46-35(34-45-47(41,42)44-32-31-38(3,4)5)33-43-36(39)29-27-25-23-21-17-15-13-11-9-7-2/h11,13,16,18,35H,6-10,12,14-15,17,19-34H2,1-5H3/p+1/b13-11-,18-16-. The highest BCUT2D eigenvalue weighted by atomic mass is 31.2. The molecular formula is C37H71NO8P+. The zero-order valence-corrected chi connectivity index (χ0v) is 31.7. The maximum Gasteiger partial charge on any atom is 0.472 e. The van der Waals surface area contributed by atoms with Gasteiger partial charge in [0.15, 0.2) is 6.10 Å². The third-order valence-electron chi connectivity index (χ3n) is 7.68. The summed E-state index contributed by atoms with van der Waals surface area (Å²) in [5.41, 5.74) is 0. The lowest BCUT2D eigenvalue weighted by Gasteiger charge is -2.24. The van der Waals surface area contributed by atoms with Gasteiger partial charge in [0.25, 0.3) is 0 Å². The normalized spacial score (nSPS) is 14.1. The molecule has 1 N–H and O–H groups in total. The fourth-order valence-corrected chi connectivity index (χ4v) is 5.46. The quantitative estimate of drug-likeness (QED) is 0.0239.